The van der Waals surface area contributed by atoms with Gasteiger partial charge in [-0.3, -0.25) is 0 Å². The third-order valence-corrected chi connectivity index (χ3v) is 4.06. The van der Waals surface area contributed by atoms with Crippen LogP contribution in [-0.4, -0.2) is 25.1 Å². The van der Waals surface area contributed by atoms with E-state index in [-0.39, 0.29) is 11.9 Å². The zero-order valence-electron chi connectivity index (χ0n) is 11.8. The normalized spacial score (nSPS) is 14.4. The monoisotopic (exact) mass is 270 g/mol. The largest absolute Gasteiger partial charge is 0.371 e. The number of nitrogens with zero attached hydrogens (tertiary/aromatic N) is 1. The van der Waals surface area contributed by atoms with Crippen molar-refractivity contribution in [3.05, 3.63) is 29.1 Å². The predicted molar refractivity (Wildman–Crippen MR) is 80.0 cm³/mol. The van der Waals surface area contributed by atoms with Crippen molar-refractivity contribution in [3.8, 4) is 0 Å². The first-order valence-corrected chi connectivity index (χ1v) is 7.55. The van der Waals surface area contributed by atoms with Gasteiger partial charge in [0.15, 0.2) is 0 Å². The number of hydrogen-bond donors (Lipinski definition) is 1. The lowest BCUT2D eigenvalue weighted by Crippen LogP contribution is -2.32. The van der Waals surface area contributed by atoms with E-state index in [1.807, 2.05) is 31.8 Å². The molecule has 2 nitrogen and oxygen atoms in total. The highest BCUT2D eigenvalue weighted by atomic mass is 32.2. The Bertz CT molecular complexity index is 407. The lowest BCUT2D eigenvalue weighted by molar-refractivity contribution is 0.611. The summed E-state index contributed by atoms with van der Waals surface area (Å²) in [7, 11) is 2.04. The lowest BCUT2D eigenvalue weighted by Gasteiger charge is -2.30. The fourth-order valence-corrected chi connectivity index (χ4v) is 2.65. The molecule has 0 aliphatic rings. The van der Waals surface area contributed by atoms with E-state index in [9.17, 15) is 4.39 Å². The summed E-state index contributed by atoms with van der Waals surface area (Å²) in [5, 5.41) is 0. The van der Waals surface area contributed by atoms with Gasteiger partial charge in [-0.05, 0) is 50.3 Å². The highest BCUT2D eigenvalue weighted by molar-refractivity contribution is 7.98. The van der Waals surface area contributed by atoms with Gasteiger partial charge in [0.25, 0.3) is 0 Å². The molecule has 0 aliphatic carbocycles. The Morgan fingerprint density at radius 2 is 2.00 bits per heavy atom. The van der Waals surface area contributed by atoms with E-state index in [2.05, 4.69) is 18.1 Å². The molecule has 2 atom stereocenters. The molecule has 0 aliphatic heterocycles. The Morgan fingerprint density at radius 1 is 1.39 bits per heavy atom. The van der Waals surface area contributed by atoms with E-state index in [1.54, 1.807) is 13.0 Å². The molecule has 1 rings (SSSR count). The second kappa shape index (κ2) is 6.43. The van der Waals surface area contributed by atoms with E-state index in [4.69, 9.17) is 5.73 Å². The summed E-state index contributed by atoms with van der Waals surface area (Å²) in [5.41, 5.74) is 8.51. The van der Waals surface area contributed by atoms with Gasteiger partial charge >= 0.3 is 0 Å². The van der Waals surface area contributed by atoms with E-state index < -0.39 is 0 Å². The maximum Gasteiger partial charge on any atom is 0.126 e. The molecular weight excluding hydrogens is 247 g/mol. The molecule has 0 aromatic heterocycles. The number of benzene rings is 1. The first-order valence-electron chi connectivity index (χ1n) is 6.15. The molecule has 0 amide bonds. The highest BCUT2D eigenvalue weighted by Gasteiger charge is 2.17. The van der Waals surface area contributed by atoms with Crippen molar-refractivity contribution in [3.63, 3.8) is 0 Å². The molecule has 0 spiro atoms. The fourth-order valence-electron chi connectivity index (χ4n) is 1.94. The summed E-state index contributed by atoms with van der Waals surface area (Å²) >= 11 is 1.81. The van der Waals surface area contributed by atoms with Crippen molar-refractivity contribution in [2.45, 2.75) is 32.9 Å². The number of rotatable bonds is 5. The topological polar surface area (TPSA) is 29.3 Å². The molecule has 0 fully saturated rings. The Labute approximate surface area is 114 Å². The quantitative estimate of drug-likeness (QED) is 0.890. The molecule has 1 aromatic rings. The van der Waals surface area contributed by atoms with Crippen LogP contribution in [0.15, 0.2) is 12.1 Å². The number of halogens is 1. The van der Waals surface area contributed by atoms with Crippen molar-refractivity contribution in [1.82, 2.24) is 0 Å². The molecule has 1 aromatic carbocycles. The summed E-state index contributed by atoms with van der Waals surface area (Å²) in [6.07, 6.45) is 2.09. The minimum atomic E-state index is -0.183. The van der Waals surface area contributed by atoms with Gasteiger partial charge in [0.1, 0.15) is 5.82 Å². The number of nitrogens with two attached hydrogens (primary N) is 1. The van der Waals surface area contributed by atoms with E-state index in [0.29, 0.717) is 11.6 Å². The van der Waals surface area contributed by atoms with Crippen LogP contribution in [0, 0.1) is 12.7 Å². The molecule has 0 saturated carbocycles. The van der Waals surface area contributed by atoms with Gasteiger partial charge in [0, 0.05) is 30.6 Å². The van der Waals surface area contributed by atoms with Gasteiger partial charge in [-0.1, -0.05) is 0 Å². The van der Waals surface area contributed by atoms with E-state index >= 15 is 0 Å². The zero-order valence-corrected chi connectivity index (χ0v) is 12.6. The standard InChI is InChI=1S/C14H23FN2S/c1-9-6-14(17(4)10(2)8-18-5)12(11(3)16)7-13(9)15/h6-7,10-11H,8,16H2,1-5H3/t10?,11-/m1/s1. The first kappa shape index (κ1) is 15.3. The average Bonchev–Trinajstić information content (AvgIpc) is 2.31. The second-order valence-corrected chi connectivity index (χ2v) is 5.77. The van der Waals surface area contributed by atoms with Crippen LogP contribution < -0.4 is 10.6 Å². The van der Waals surface area contributed by atoms with Crippen molar-refractivity contribution < 1.29 is 4.39 Å². The maximum absolute atomic E-state index is 13.7. The molecule has 2 N–H and O–H groups in total. The fraction of sp³-hybridized carbons (Fsp3) is 0.571. The second-order valence-electron chi connectivity index (χ2n) is 4.86. The van der Waals surface area contributed by atoms with Crippen LogP contribution in [0.1, 0.15) is 31.0 Å². The number of hydrogen-bond acceptors (Lipinski definition) is 3. The van der Waals surface area contributed by atoms with Crippen LogP contribution >= 0.6 is 11.8 Å². The molecule has 1 unspecified atom stereocenters. The van der Waals surface area contributed by atoms with Gasteiger partial charge in [-0.15, -0.1) is 0 Å². The third kappa shape index (κ3) is 3.39. The summed E-state index contributed by atoms with van der Waals surface area (Å²) in [4.78, 5) is 2.18. The van der Waals surface area contributed by atoms with Gasteiger partial charge in [-0.25, -0.2) is 4.39 Å². The van der Waals surface area contributed by atoms with Gasteiger partial charge in [0.2, 0.25) is 0 Å². The summed E-state index contributed by atoms with van der Waals surface area (Å²) in [5.74, 6) is 0.850. The molecule has 0 bridgehead atoms. The first-order chi connectivity index (χ1) is 8.38. The van der Waals surface area contributed by atoms with Crippen LogP contribution in [0.4, 0.5) is 10.1 Å². The van der Waals surface area contributed by atoms with Crippen molar-refractivity contribution >= 4 is 17.4 Å². The molecule has 18 heavy (non-hydrogen) atoms. The summed E-state index contributed by atoms with van der Waals surface area (Å²) < 4.78 is 13.7. The molecular formula is C14H23FN2S. The van der Waals surface area contributed by atoms with Crippen molar-refractivity contribution in [2.24, 2.45) is 5.73 Å². The van der Waals surface area contributed by atoms with Gasteiger partial charge in [0.05, 0.1) is 0 Å². The van der Waals surface area contributed by atoms with E-state index in [1.165, 1.54) is 0 Å². The molecule has 102 valence electrons. The summed E-state index contributed by atoms with van der Waals surface area (Å²) in [6.45, 7) is 5.84. The Morgan fingerprint density at radius 3 is 2.50 bits per heavy atom. The number of aryl methyl sites for hydroxylation is 1. The maximum atomic E-state index is 13.7. The molecule has 0 radical (unpaired) electrons. The number of anilines is 1. The van der Waals surface area contributed by atoms with Crippen molar-refractivity contribution in [1.29, 1.82) is 0 Å². The van der Waals surface area contributed by atoms with Gasteiger partial charge < -0.3 is 10.6 Å². The highest BCUT2D eigenvalue weighted by Crippen LogP contribution is 2.29. The van der Waals surface area contributed by atoms with Crippen LogP contribution in [-0.2, 0) is 0 Å². The Hall–Kier alpha value is -0.740. The third-order valence-electron chi connectivity index (χ3n) is 3.25. The lowest BCUT2D eigenvalue weighted by atomic mass is 10.0. The SMILES string of the molecule is CSCC(C)N(C)c1cc(C)c(F)cc1[C@@H](C)N. The molecule has 0 heterocycles. The minimum absolute atomic E-state index is 0.168. The average molecular weight is 270 g/mol. The summed E-state index contributed by atoms with van der Waals surface area (Å²) in [6, 6.07) is 3.68. The molecule has 0 saturated heterocycles. The molecule has 4 heteroatoms. The van der Waals surface area contributed by atoms with Crippen LogP contribution in [0.25, 0.3) is 0 Å². The van der Waals surface area contributed by atoms with E-state index in [0.717, 1.165) is 17.0 Å². The zero-order chi connectivity index (χ0) is 13.9. The number of thioether (sulfide) groups is 1. The minimum Gasteiger partial charge on any atom is -0.371 e. The van der Waals surface area contributed by atoms with Crippen molar-refractivity contribution in [2.75, 3.05) is 24.0 Å². The Balaban J connectivity index is 3.17. The van der Waals surface area contributed by atoms with Crippen LogP contribution in [0.2, 0.25) is 0 Å². The predicted octanol–water partition coefficient (Wildman–Crippen LogP) is 3.34. The smallest absolute Gasteiger partial charge is 0.126 e. The van der Waals surface area contributed by atoms with Gasteiger partial charge in [-0.2, -0.15) is 11.8 Å². The van der Waals surface area contributed by atoms with Crippen LogP contribution in [0.5, 0.6) is 0 Å². The van der Waals surface area contributed by atoms with Crippen LogP contribution in [0.3, 0.4) is 0 Å². The Kier molecular flexibility index (Phi) is 5.47.